The maximum absolute atomic E-state index is 5.67. The largest absolute Gasteiger partial charge is 0.329 e. The third-order valence-electron chi connectivity index (χ3n) is 2.79. The van der Waals surface area contributed by atoms with Gasteiger partial charge in [0.15, 0.2) is 5.65 Å². The number of rotatable bonds is 3. The molecule has 0 amide bonds. The van der Waals surface area contributed by atoms with Crippen molar-refractivity contribution >= 4 is 11.2 Å². The molecule has 18 heavy (non-hydrogen) atoms. The number of nitrogens with zero attached hydrogens (tertiary/aromatic N) is 4. The third-order valence-corrected chi connectivity index (χ3v) is 2.79. The van der Waals surface area contributed by atoms with Crippen molar-refractivity contribution in [1.29, 1.82) is 0 Å². The average Bonchev–Trinajstić information content (AvgIpc) is 2.80. The molecule has 0 aliphatic carbocycles. The van der Waals surface area contributed by atoms with Crippen LogP contribution in [0, 0.1) is 0 Å². The van der Waals surface area contributed by atoms with Crippen molar-refractivity contribution in [2.45, 2.75) is 6.54 Å². The minimum Gasteiger partial charge on any atom is -0.329 e. The van der Waals surface area contributed by atoms with E-state index in [9.17, 15) is 0 Å². The molecule has 3 heterocycles. The molecule has 5 heteroatoms. The zero-order chi connectivity index (χ0) is 12.4. The standard InChI is InChI=1S/C13H13N5/c14-5-9-18-12(10-3-7-15-8-4-10)17-11-2-1-6-16-13(11)18/h1-4,6-8H,5,9,14H2. The summed E-state index contributed by atoms with van der Waals surface area (Å²) >= 11 is 0. The van der Waals surface area contributed by atoms with Gasteiger partial charge in [-0.2, -0.15) is 0 Å². The molecular weight excluding hydrogens is 226 g/mol. The first-order valence-corrected chi connectivity index (χ1v) is 5.82. The molecule has 3 aromatic rings. The van der Waals surface area contributed by atoms with Gasteiger partial charge in [-0.15, -0.1) is 0 Å². The van der Waals surface area contributed by atoms with Gasteiger partial charge in [-0.05, 0) is 24.3 Å². The Bertz CT molecular complexity index is 659. The number of pyridine rings is 2. The van der Waals surface area contributed by atoms with Crippen LogP contribution in [0.15, 0.2) is 42.9 Å². The quantitative estimate of drug-likeness (QED) is 0.751. The van der Waals surface area contributed by atoms with Gasteiger partial charge in [0.25, 0.3) is 0 Å². The van der Waals surface area contributed by atoms with Gasteiger partial charge in [0.2, 0.25) is 0 Å². The lowest BCUT2D eigenvalue weighted by molar-refractivity contribution is 0.729. The van der Waals surface area contributed by atoms with Crippen LogP contribution in [0.3, 0.4) is 0 Å². The van der Waals surface area contributed by atoms with Crippen molar-refractivity contribution in [2.75, 3.05) is 6.54 Å². The molecule has 0 bridgehead atoms. The summed E-state index contributed by atoms with van der Waals surface area (Å²) in [5.41, 5.74) is 8.45. The second-order valence-corrected chi connectivity index (χ2v) is 3.96. The van der Waals surface area contributed by atoms with Crippen LogP contribution in [0.4, 0.5) is 0 Å². The normalized spacial score (nSPS) is 10.9. The molecule has 2 N–H and O–H groups in total. The summed E-state index contributed by atoms with van der Waals surface area (Å²) in [5, 5.41) is 0. The van der Waals surface area contributed by atoms with Gasteiger partial charge in [-0.3, -0.25) is 4.98 Å². The molecule has 0 aromatic carbocycles. The Hall–Kier alpha value is -2.27. The van der Waals surface area contributed by atoms with Crippen LogP contribution < -0.4 is 5.73 Å². The number of hydrogen-bond donors (Lipinski definition) is 1. The van der Waals surface area contributed by atoms with Crippen LogP contribution in [0.2, 0.25) is 0 Å². The molecule has 0 saturated carbocycles. The predicted octanol–water partition coefficient (Wildman–Crippen LogP) is 1.45. The van der Waals surface area contributed by atoms with E-state index in [1.165, 1.54) is 0 Å². The smallest absolute Gasteiger partial charge is 0.160 e. The SMILES string of the molecule is NCCn1c(-c2ccncc2)nc2cccnc21. The van der Waals surface area contributed by atoms with E-state index in [0.29, 0.717) is 13.1 Å². The molecule has 0 unspecified atom stereocenters. The highest BCUT2D eigenvalue weighted by atomic mass is 15.1. The zero-order valence-electron chi connectivity index (χ0n) is 9.82. The maximum atomic E-state index is 5.67. The summed E-state index contributed by atoms with van der Waals surface area (Å²) in [6.45, 7) is 1.26. The molecule has 0 saturated heterocycles. The van der Waals surface area contributed by atoms with Crippen molar-refractivity contribution in [2.24, 2.45) is 5.73 Å². The Morgan fingerprint density at radius 2 is 1.94 bits per heavy atom. The average molecular weight is 239 g/mol. The van der Waals surface area contributed by atoms with E-state index >= 15 is 0 Å². The second kappa shape index (κ2) is 4.54. The van der Waals surface area contributed by atoms with Gasteiger partial charge in [0, 0.05) is 37.2 Å². The topological polar surface area (TPSA) is 69.6 Å². The molecule has 0 aliphatic rings. The summed E-state index contributed by atoms with van der Waals surface area (Å²) in [5.74, 6) is 0.886. The molecule has 90 valence electrons. The Kier molecular flexibility index (Phi) is 2.74. The lowest BCUT2D eigenvalue weighted by Gasteiger charge is -2.06. The summed E-state index contributed by atoms with van der Waals surface area (Å²) in [7, 11) is 0. The van der Waals surface area contributed by atoms with Crippen molar-refractivity contribution < 1.29 is 0 Å². The molecule has 5 nitrogen and oxygen atoms in total. The number of hydrogen-bond acceptors (Lipinski definition) is 4. The van der Waals surface area contributed by atoms with E-state index < -0.39 is 0 Å². The molecule has 0 spiro atoms. The number of fused-ring (bicyclic) bond motifs is 1. The summed E-state index contributed by atoms with van der Waals surface area (Å²) < 4.78 is 2.05. The van der Waals surface area contributed by atoms with E-state index in [4.69, 9.17) is 5.73 Å². The first-order chi connectivity index (χ1) is 8.90. The van der Waals surface area contributed by atoms with Crippen LogP contribution in [0.5, 0.6) is 0 Å². The highest BCUT2D eigenvalue weighted by Gasteiger charge is 2.12. The fourth-order valence-electron chi connectivity index (χ4n) is 2.02. The lowest BCUT2D eigenvalue weighted by Crippen LogP contribution is -2.11. The van der Waals surface area contributed by atoms with E-state index in [2.05, 4.69) is 15.0 Å². The van der Waals surface area contributed by atoms with E-state index in [1.54, 1.807) is 18.6 Å². The van der Waals surface area contributed by atoms with Crippen LogP contribution in [-0.4, -0.2) is 26.1 Å². The second-order valence-electron chi connectivity index (χ2n) is 3.96. The molecule has 0 fully saturated rings. The minimum absolute atomic E-state index is 0.556. The van der Waals surface area contributed by atoms with Crippen LogP contribution in [0.1, 0.15) is 0 Å². The molecule has 3 rings (SSSR count). The van der Waals surface area contributed by atoms with Gasteiger partial charge < -0.3 is 10.3 Å². The fourth-order valence-corrected chi connectivity index (χ4v) is 2.02. The van der Waals surface area contributed by atoms with Crippen LogP contribution in [-0.2, 0) is 6.54 Å². The van der Waals surface area contributed by atoms with Gasteiger partial charge in [-0.25, -0.2) is 9.97 Å². The first-order valence-electron chi connectivity index (χ1n) is 5.82. The van der Waals surface area contributed by atoms with Crippen LogP contribution >= 0.6 is 0 Å². The van der Waals surface area contributed by atoms with Crippen LogP contribution in [0.25, 0.3) is 22.6 Å². The molecule has 0 radical (unpaired) electrons. The van der Waals surface area contributed by atoms with Crippen molar-refractivity contribution in [1.82, 2.24) is 19.5 Å². The van der Waals surface area contributed by atoms with E-state index in [1.807, 2.05) is 28.8 Å². The number of imidazole rings is 1. The van der Waals surface area contributed by atoms with Gasteiger partial charge in [-0.1, -0.05) is 0 Å². The maximum Gasteiger partial charge on any atom is 0.160 e. The van der Waals surface area contributed by atoms with E-state index in [-0.39, 0.29) is 0 Å². The highest BCUT2D eigenvalue weighted by Crippen LogP contribution is 2.22. The highest BCUT2D eigenvalue weighted by molar-refractivity contribution is 5.76. The Balaban J connectivity index is 2.25. The summed E-state index contributed by atoms with van der Waals surface area (Å²) in [6.07, 6.45) is 5.29. The summed E-state index contributed by atoms with van der Waals surface area (Å²) in [6, 6.07) is 7.72. The predicted molar refractivity (Wildman–Crippen MR) is 69.8 cm³/mol. The molecular formula is C13H13N5. The van der Waals surface area contributed by atoms with Gasteiger partial charge >= 0.3 is 0 Å². The Morgan fingerprint density at radius 3 is 2.72 bits per heavy atom. The van der Waals surface area contributed by atoms with Crippen molar-refractivity contribution in [3.05, 3.63) is 42.9 Å². The number of aromatic nitrogens is 4. The first kappa shape index (κ1) is 10.9. The minimum atomic E-state index is 0.556. The molecule has 0 atom stereocenters. The summed E-state index contributed by atoms with van der Waals surface area (Å²) in [4.78, 5) is 13.0. The Morgan fingerprint density at radius 1 is 1.11 bits per heavy atom. The fraction of sp³-hybridized carbons (Fsp3) is 0.154. The van der Waals surface area contributed by atoms with Gasteiger partial charge in [0.1, 0.15) is 11.3 Å². The van der Waals surface area contributed by atoms with Crippen molar-refractivity contribution in [3.63, 3.8) is 0 Å². The number of nitrogens with two attached hydrogens (primary N) is 1. The monoisotopic (exact) mass is 239 g/mol. The third kappa shape index (κ3) is 1.74. The zero-order valence-corrected chi connectivity index (χ0v) is 9.82. The molecule has 3 aromatic heterocycles. The molecule has 0 aliphatic heterocycles. The Labute approximate surface area is 104 Å². The van der Waals surface area contributed by atoms with E-state index in [0.717, 1.165) is 22.6 Å². The van der Waals surface area contributed by atoms with Crippen molar-refractivity contribution in [3.8, 4) is 11.4 Å². The van der Waals surface area contributed by atoms with Gasteiger partial charge in [0.05, 0.1) is 0 Å². The lowest BCUT2D eigenvalue weighted by atomic mass is 10.2.